The van der Waals surface area contributed by atoms with Crippen LogP contribution in [0.25, 0.3) is 16.1 Å². The van der Waals surface area contributed by atoms with Crippen molar-refractivity contribution >= 4 is 28.9 Å². The zero-order valence-electron chi connectivity index (χ0n) is 15.2. The van der Waals surface area contributed by atoms with Crippen molar-refractivity contribution in [1.82, 2.24) is 10.9 Å². The molecule has 1 heterocycles. The molecule has 0 atom stereocenters. The van der Waals surface area contributed by atoms with E-state index in [4.69, 9.17) is 5.11 Å². The van der Waals surface area contributed by atoms with Crippen molar-refractivity contribution in [1.29, 1.82) is 0 Å². The summed E-state index contributed by atoms with van der Waals surface area (Å²) in [6, 6.07) is 10.5. The molecule has 5 nitrogen and oxygen atoms in total. The largest absolute Gasteiger partial charge is 0.396 e. The van der Waals surface area contributed by atoms with Crippen LogP contribution >= 0.6 is 11.3 Å². The normalized spacial score (nSPS) is 10.4. The van der Waals surface area contributed by atoms with Crippen LogP contribution in [0.15, 0.2) is 41.9 Å². The number of thiophene rings is 1. The topological polar surface area (TPSA) is 82.7 Å². The number of benzene rings is 1. The molecule has 0 aliphatic rings. The van der Waals surface area contributed by atoms with Gasteiger partial charge >= 0.3 is 0 Å². The number of hydrogen-bond acceptors (Lipinski definition) is 6. The Balaban J connectivity index is 0.00000151. The van der Waals surface area contributed by atoms with Crippen LogP contribution < -0.4 is 16.6 Å². The number of aryl methyl sites for hydroxylation is 1. The third-order valence-electron chi connectivity index (χ3n) is 3.26. The summed E-state index contributed by atoms with van der Waals surface area (Å²) in [7, 11) is 1.50. The van der Waals surface area contributed by atoms with Gasteiger partial charge in [0.25, 0.3) is 0 Å². The van der Waals surface area contributed by atoms with E-state index in [1.807, 2.05) is 6.92 Å². The Morgan fingerprint density at radius 1 is 1.36 bits per heavy atom. The molecule has 2 rings (SSSR count). The fourth-order valence-electron chi connectivity index (χ4n) is 2.17. The van der Waals surface area contributed by atoms with E-state index in [1.165, 1.54) is 23.1 Å². The second-order valence-corrected chi connectivity index (χ2v) is 6.24. The van der Waals surface area contributed by atoms with Crippen molar-refractivity contribution in [2.75, 3.05) is 20.2 Å². The highest BCUT2D eigenvalue weighted by molar-refractivity contribution is 7.17. The van der Waals surface area contributed by atoms with Crippen LogP contribution in [0.2, 0.25) is 0 Å². The zero-order valence-corrected chi connectivity index (χ0v) is 16.0. The summed E-state index contributed by atoms with van der Waals surface area (Å²) in [5.74, 6) is 0. The van der Waals surface area contributed by atoms with Gasteiger partial charge in [0.05, 0.1) is 16.3 Å². The Bertz CT molecular complexity index is 694. The van der Waals surface area contributed by atoms with Crippen LogP contribution in [0.1, 0.15) is 23.8 Å². The molecule has 6 heteroatoms. The highest BCUT2D eigenvalue weighted by atomic mass is 32.1. The number of aliphatic hydroxyl groups is 1. The van der Waals surface area contributed by atoms with E-state index in [-0.39, 0.29) is 6.61 Å². The first-order valence-corrected chi connectivity index (χ1v) is 9.03. The van der Waals surface area contributed by atoms with E-state index in [0.29, 0.717) is 13.0 Å². The zero-order chi connectivity index (χ0) is 18.7. The van der Waals surface area contributed by atoms with Gasteiger partial charge in [0.15, 0.2) is 0 Å². The maximum absolute atomic E-state index is 8.81. The fourth-order valence-corrected chi connectivity index (χ4v) is 3.19. The van der Waals surface area contributed by atoms with E-state index in [1.54, 1.807) is 17.6 Å². The lowest BCUT2D eigenvalue weighted by Crippen LogP contribution is -2.30. The van der Waals surface area contributed by atoms with Gasteiger partial charge in [-0.05, 0) is 38.9 Å². The summed E-state index contributed by atoms with van der Waals surface area (Å²) >= 11 is 1.67. The summed E-state index contributed by atoms with van der Waals surface area (Å²) in [6.07, 6.45) is 2.48. The molecule has 0 saturated heterocycles. The van der Waals surface area contributed by atoms with Crippen molar-refractivity contribution in [2.24, 2.45) is 10.7 Å². The van der Waals surface area contributed by atoms with Crippen molar-refractivity contribution in [2.45, 2.75) is 20.3 Å². The number of aliphatic hydroxyl groups excluding tert-OH is 1. The molecule has 0 spiro atoms. The number of hydrogen-bond donors (Lipinski definition) is 4. The van der Waals surface area contributed by atoms with Crippen LogP contribution in [0.3, 0.4) is 0 Å². The van der Waals surface area contributed by atoms with E-state index in [9.17, 15) is 0 Å². The van der Waals surface area contributed by atoms with Crippen LogP contribution in [-0.2, 0) is 0 Å². The molecule has 0 amide bonds. The molecule has 1 aromatic carbocycles. The second kappa shape index (κ2) is 11.5. The number of rotatable bonds is 8. The molecule has 0 fully saturated rings. The maximum atomic E-state index is 8.81. The minimum absolute atomic E-state index is 0.170. The molecule has 2 aromatic rings. The molecule has 0 aliphatic heterocycles. The summed E-state index contributed by atoms with van der Waals surface area (Å²) in [4.78, 5) is 6.64. The van der Waals surface area contributed by atoms with E-state index in [2.05, 4.69) is 65.4 Å². The Morgan fingerprint density at radius 3 is 2.76 bits per heavy atom. The van der Waals surface area contributed by atoms with Gasteiger partial charge < -0.3 is 16.3 Å². The van der Waals surface area contributed by atoms with Crippen LogP contribution in [0, 0.1) is 6.92 Å². The Hall–Kier alpha value is -1.99. The minimum atomic E-state index is 0.170. The number of nitrogens with two attached hydrogens (primary N) is 1. The third-order valence-corrected chi connectivity index (χ3v) is 4.49. The van der Waals surface area contributed by atoms with Gasteiger partial charge in [-0.15, -0.1) is 11.3 Å². The molecule has 0 unspecified atom stereocenters. The molecule has 0 saturated carbocycles. The first kappa shape index (κ1) is 21.1. The number of nitrogens with one attached hydrogen (secondary N) is 2. The van der Waals surface area contributed by atoms with E-state index >= 15 is 0 Å². The Labute approximate surface area is 154 Å². The quantitative estimate of drug-likeness (QED) is 0.330. The highest BCUT2D eigenvalue weighted by Crippen LogP contribution is 2.39. The predicted octanol–water partition coefficient (Wildman–Crippen LogP) is 3.47. The smallest absolute Gasteiger partial charge is 0.0833 e. The summed E-state index contributed by atoms with van der Waals surface area (Å²) in [6.45, 7) is 8.94. The van der Waals surface area contributed by atoms with Gasteiger partial charge in [-0.3, -0.25) is 4.99 Å². The van der Waals surface area contributed by atoms with E-state index in [0.717, 1.165) is 16.3 Å². The van der Waals surface area contributed by atoms with Gasteiger partial charge in [-0.2, -0.15) is 0 Å². The van der Waals surface area contributed by atoms with Crippen LogP contribution in [0.4, 0.5) is 5.69 Å². The van der Waals surface area contributed by atoms with Crippen molar-refractivity contribution in [3.63, 3.8) is 0 Å². The molecule has 0 aliphatic carbocycles. The molecular formula is C19H28N4OS. The molecular weight excluding hydrogens is 332 g/mol. The molecule has 5 N–H and O–H groups in total. The number of aliphatic imine (C=N–C) groups is 1. The van der Waals surface area contributed by atoms with Crippen LogP contribution in [-0.4, -0.2) is 31.5 Å². The Kier molecular flexibility index (Phi) is 9.72. The highest BCUT2D eigenvalue weighted by Gasteiger charge is 2.12. The van der Waals surface area contributed by atoms with Gasteiger partial charge in [-0.1, -0.05) is 36.4 Å². The monoisotopic (exact) mass is 360 g/mol. The van der Waals surface area contributed by atoms with Gasteiger partial charge in [0, 0.05) is 24.2 Å². The SMILES string of the molecule is C=C(NNCCCO)c1sc(-c2cccc(C)c2)cc1N=CC.CN. The average Bonchev–Trinajstić information content (AvgIpc) is 3.05. The van der Waals surface area contributed by atoms with Crippen LogP contribution in [0.5, 0.6) is 0 Å². The third kappa shape index (κ3) is 6.43. The van der Waals surface area contributed by atoms with Gasteiger partial charge in [0.1, 0.15) is 0 Å². The first-order valence-electron chi connectivity index (χ1n) is 8.22. The predicted molar refractivity (Wildman–Crippen MR) is 110 cm³/mol. The molecule has 0 bridgehead atoms. The second-order valence-electron chi connectivity index (χ2n) is 5.19. The fraction of sp³-hybridized carbons (Fsp3) is 0.316. The van der Waals surface area contributed by atoms with Gasteiger partial charge in [0.2, 0.25) is 0 Å². The van der Waals surface area contributed by atoms with Crippen molar-refractivity contribution < 1.29 is 5.11 Å². The molecule has 0 radical (unpaired) electrons. The number of hydrazine groups is 1. The summed E-state index contributed by atoms with van der Waals surface area (Å²) in [5, 5.41) is 8.81. The summed E-state index contributed by atoms with van der Waals surface area (Å²) in [5.41, 5.74) is 14.8. The molecule has 25 heavy (non-hydrogen) atoms. The minimum Gasteiger partial charge on any atom is -0.396 e. The van der Waals surface area contributed by atoms with Crippen molar-refractivity contribution in [3.05, 3.63) is 47.4 Å². The van der Waals surface area contributed by atoms with E-state index < -0.39 is 0 Å². The lowest BCUT2D eigenvalue weighted by molar-refractivity contribution is 0.285. The van der Waals surface area contributed by atoms with Gasteiger partial charge in [-0.25, -0.2) is 5.43 Å². The number of nitrogens with zero attached hydrogens (tertiary/aromatic N) is 1. The standard InChI is InChI=1S/C18H23N3OS.CH5N/c1-4-19-16-12-17(15-8-5-7-13(2)11-15)23-18(16)14(3)21-20-9-6-10-22;1-2/h4-5,7-8,11-12,20-22H,3,6,9-10H2,1-2H3;2H2,1H3. The lowest BCUT2D eigenvalue weighted by atomic mass is 10.1. The molecule has 1 aromatic heterocycles. The van der Waals surface area contributed by atoms with Crippen molar-refractivity contribution in [3.8, 4) is 10.4 Å². The molecule has 136 valence electrons. The Morgan fingerprint density at radius 2 is 2.12 bits per heavy atom. The maximum Gasteiger partial charge on any atom is 0.0833 e. The first-order chi connectivity index (χ1) is 12.2. The lowest BCUT2D eigenvalue weighted by Gasteiger charge is -2.09. The average molecular weight is 361 g/mol. The summed E-state index contributed by atoms with van der Waals surface area (Å²) < 4.78 is 0.